The van der Waals surface area contributed by atoms with Crippen LogP contribution in [0.25, 0.3) is 0 Å². The largest absolute Gasteiger partial charge is 0.0848 e. The summed E-state index contributed by atoms with van der Waals surface area (Å²) in [6, 6.07) is 22.4. The lowest BCUT2D eigenvalue weighted by Crippen LogP contribution is -2.20. The van der Waals surface area contributed by atoms with Crippen molar-refractivity contribution in [3.05, 3.63) is 83.9 Å². The van der Waals surface area contributed by atoms with E-state index in [0.717, 1.165) is 23.7 Å². The Morgan fingerprint density at radius 2 is 1.10 bits per heavy atom. The lowest BCUT2D eigenvalue weighted by molar-refractivity contribution is 0.478. The molecule has 2 saturated carbocycles. The second kappa shape index (κ2) is 3.63. The molecule has 98 valence electrons. The lowest BCUT2D eigenvalue weighted by Gasteiger charge is -2.25. The summed E-state index contributed by atoms with van der Waals surface area (Å²) in [4.78, 5) is 0. The third-order valence-electron chi connectivity index (χ3n) is 5.90. The summed E-state index contributed by atoms with van der Waals surface area (Å²) in [7, 11) is 0. The predicted molar refractivity (Wildman–Crippen MR) is 81.4 cm³/mol. The molecule has 4 atom stereocenters. The SMILES string of the molecule is C1=C[C@H]2C[C@H]1[C@H]1[C@@H]2C1(c1ccccc1)c1ccccc1. The van der Waals surface area contributed by atoms with E-state index in [1.54, 1.807) is 0 Å². The van der Waals surface area contributed by atoms with Gasteiger partial charge in [0.1, 0.15) is 0 Å². The summed E-state index contributed by atoms with van der Waals surface area (Å²) in [6.45, 7) is 0. The maximum Gasteiger partial charge on any atom is 0.0277 e. The van der Waals surface area contributed by atoms with Crippen LogP contribution in [0.4, 0.5) is 0 Å². The van der Waals surface area contributed by atoms with Crippen molar-refractivity contribution < 1.29 is 0 Å². The summed E-state index contributed by atoms with van der Waals surface area (Å²) in [6.07, 6.45) is 6.37. The molecule has 0 unspecified atom stereocenters. The van der Waals surface area contributed by atoms with Crippen LogP contribution in [-0.4, -0.2) is 0 Å². The first kappa shape index (κ1) is 10.9. The number of hydrogen-bond acceptors (Lipinski definition) is 0. The number of allylic oxidation sites excluding steroid dienone is 2. The minimum absolute atomic E-state index is 0.291. The highest BCUT2D eigenvalue weighted by Gasteiger charge is 2.74. The standard InChI is InChI=1S/C20H18/c1-3-7-16(8-4-1)20(17-9-5-2-6-10-17)18-14-11-12-15(13-14)19(18)20/h1-12,14-15,18-19H,13H2/t14-,15-,18-,19+/m0/s1. The van der Waals surface area contributed by atoms with E-state index in [0.29, 0.717) is 5.41 Å². The highest BCUT2D eigenvalue weighted by molar-refractivity contribution is 5.53. The molecule has 3 aliphatic rings. The zero-order valence-electron chi connectivity index (χ0n) is 11.4. The van der Waals surface area contributed by atoms with E-state index in [1.165, 1.54) is 17.5 Å². The average Bonchev–Trinajstić information content (AvgIpc) is 2.84. The summed E-state index contributed by atoms with van der Waals surface area (Å²) < 4.78 is 0. The molecule has 20 heavy (non-hydrogen) atoms. The fourth-order valence-electron chi connectivity index (χ4n) is 5.30. The molecule has 0 nitrogen and oxygen atoms in total. The minimum Gasteiger partial charge on any atom is -0.0848 e. The fraction of sp³-hybridized carbons (Fsp3) is 0.300. The number of rotatable bonds is 2. The van der Waals surface area contributed by atoms with Crippen LogP contribution in [-0.2, 0) is 5.41 Å². The molecule has 0 aromatic heterocycles. The predicted octanol–water partition coefficient (Wildman–Crippen LogP) is 4.42. The van der Waals surface area contributed by atoms with Gasteiger partial charge in [-0.05, 0) is 41.2 Å². The van der Waals surface area contributed by atoms with E-state index in [2.05, 4.69) is 72.8 Å². The highest BCUT2D eigenvalue weighted by Crippen LogP contribution is 2.76. The van der Waals surface area contributed by atoms with E-state index in [-0.39, 0.29) is 0 Å². The molecule has 0 saturated heterocycles. The third kappa shape index (κ3) is 1.14. The van der Waals surface area contributed by atoms with Gasteiger partial charge in [0.15, 0.2) is 0 Å². The first-order valence-electron chi connectivity index (χ1n) is 7.72. The van der Waals surface area contributed by atoms with Crippen molar-refractivity contribution in [1.82, 2.24) is 0 Å². The van der Waals surface area contributed by atoms with Crippen molar-refractivity contribution in [3.63, 3.8) is 0 Å². The van der Waals surface area contributed by atoms with Crippen LogP contribution in [0.15, 0.2) is 72.8 Å². The van der Waals surface area contributed by atoms with Gasteiger partial charge in [0.05, 0.1) is 0 Å². The van der Waals surface area contributed by atoms with E-state index in [4.69, 9.17) is 0 Å². The van der Waals surface area contributed by atoms with Crippen LogP contribution in [0.5, 0.6) is 0 Å². The zero-order valence-corrected chi connectivity index (χ0v) is 11.4. The van der Waals surface area contributed by atoms with E-state index in [9.17, 15) is 0 Å². The molecule has 0 amide bonds. The van der Waals surface area contributed by atoms with Crippen molar-refractivity contribution in [1.29, 1.82) is 0 Å². The van der Waals surface area contributed by atoms with Crippen LogP contribution >= 0.6 is 0 Å². The number of fused-ring (bicyclic) bond motifs is 5. The molecule has 0 radical (unpaired) electrons. The van der Waals surface area contributed by atoms with Crippen LogP contribution < -0.4 is 0 Å². The molecule has 0 N–H and O–H groups in total. The van der Waals surface area contributed by atoms with Gasteiger partial charge >= 0.3 is 0 Å². The highest BCUT2D eigenvalue weighted by atomic mass is 14.8. The Balaban J connectivity index is 1.71. The van der Waals surface area contributed by atoms with Crippen molar-refractivity contribution in [2.45, 2.75) is 11.8 Å². The second-order valence-corrected chi connectivity index (χ2v) is 6.60. The van der Waals surface area contributed by atoms with Gasteiger partial charge < -0.3 is 0 Å². The first-order valence-corrected chi connectivity index (χ1v) is 7.72. The second-order valence-electron chi connectivity index (χ2n) is 6.60. The Morgan fingerprint density at radius 3 is 1.55 bits per heavy atom. The molecule has 0 heteroatoms. The average molecular weight is 258 g/mol. The molecule has 2 aromatic carbocycles. The quantitative estimate of drug-likeness (QED) is 0.699. The Hall–Kier alpha value is -1.82. The molecule has 0 aliphatic heterocycles. The normalized spacial score (nSPS) is 35.0. The Kier molecular flexibility index (Phi) is 1.98. The van der Waals surface area contributed by atoms with Gasteiger partial charge in [-0.15, -0.1) is 0 Å². The van der Waals surface area contributed by atoms with Crippen LogP contribution in [0.2, 0.25) is 0 Å². The van der Waals surface area contributed by atoms with Crippen LogP contribution in [0.1, 0.15) is 17.5 Å². The Bertz CT molecular complexity index is 608. The molecule has 3 aliphatic carbocycles. The maximum absolute atomic E-state index is 2.49. The smallest absolute Gasteiger partial charge is 0.0277 e. The summed E-state index contributed by atoms with van der Waals surface area (Å²) in [5.41, 5.74) is 3.35. The molecule has 5 rings (SSSR count). The molecular formula is C20H18. The monoisotopic (exact) mass is 258 g/mol. The molecule has 2 aromatic rings. The van der Waals surface area contributed by atoms with Crippen molar-refractivity contribution in [2.75, 3.05) is 0 Å². The Labute approximate surface area is 120 Å². The minimum atomic E-state index is 0.291. The third-order valence-corrected chi connectivity index (χ3v) is 5.90. The fourth-order valence-corrected chi connectivity index (χ4v) is 5.30. The van der Waals surface area contributed by atoms with Gasteiger partial charge in [-0.2, -0.15) is 0 Å². The van der Waals surface area contributed by atoms with E-state index < -0.39 is 0 Å². The van der Waals surface area contributed by atoms with E-state index >= 15 is 0 Å². The summed E-state index contributed by atoms with van der Waals surface area (Å²) >= 11 is 0. The number of hydrogen-bond donors (Lipinski definition) is 0. The molecule has 0 spiro atoms. The van der Waals surface area contributed by atoms with Gasteiger partial charge in [-0.3, -0.25) is 0 Å². The summed E-state index contributed by atoms with van der Waals surface area (Å²) in [5.74, 6) is 3.29. The van der Waals surface area contributed by atoms with Crippen LogP contribution in [0.3, 0.4) is 0 Å². The first-order chi connectivity index (χ1) is 9.92. The van der Waals surface area contributed by atoms with Crippen molar-refractivity contribution >= 4 is 0 Å². The van der Waals surface area contributed by atoms with Gasteiger partial charge in [0, 0.05) is 5.41 Å². The van der Waals surface area contributed by atoms with Crippen LogP contribution in [0, 0.1) is 23.7 Å². The van der Waals surface area contributed by atoms with Gasteiger partial charge in [0.2, 0.25) is 0 Å². The Morgan fingerprint density at radius 1 is 0.650 bits per heavy atom. The lowest BCUT2D eigenvalue weighted by atomic mass is 9.78. The van der Waals surface area contributed by atoms with E-state index in [1.807, 2.05) is 0 Å². The molecule has 0 heterocycles. The van der Waals surface area contributed by atoms with Gasteiger partial charge in [-0.25, -0.2) is 0 Å². The number of benzene rings is 2. The molecule has 2 fully saturated rings. The maximum atomic E-state index is 2.49. The topological polar surface area (TPSA) is 0 Å². The van der Waals surface area contributed by atoms with Crippen molar-refractivity contribution in [2.24, 2.45) is 23.7 Å². The van der Waals surface area contributed by atoms with Crippen molar-refractivity contribution in [3.8, 4) is 0 Å². The molecule has 2 bridgehead atoms. The summed E-state index contributed by atoms with van der Waals surface area (Å²) in [5, 5.41) is 0. The van der Waals surface area contributed by atoms with Gasteiger partial charge in [-0.1, -0.05) is 72.8 Å². The molecular weight excluding hydrogens is 240 g/mol. The van der Waals surface area contributed by atoms with Gasteiger partial charge in [0.25, 0.3) is 0 Å². The zero-order chi connectivity index (χ0) is 13.2.